The molecule has 0 aliphatic carbocycles. The van der Waals surface area contributed by atoms with E-state index in [2.05, 4.69) is 15.9 Å². The van der Waals surface area contributed by atoms with Crippen LogP contribution in [-0.4, -0.2) is 11.1 Å². The summed E-state index contributed by atoms with van der Waals surface area (Å²) in [5.74, 6) is -0.994. The molecule has 0 atom stereocenters. The fourth-order valence-corrected chi connectivity index (χ4v) is 1.32. The molecule has 3 N–H and O–H groups in total. The Labute approximate surface area is 78.3 Å². The molecule has 12 heavy (non-hydrogen) atoms. The van der Waals surface area contributed by atoms with Crippen molar-refractivity contribution in [3.63, 3.8) is 0 Å². The van der Waals surface area contributed by atoms with Crippen molar-refractivity contribution < 1.29 is 9.90 Å². The molecular weight excluding hydrogens is 222 g/mol. The monoisotopic (exact) mass is 229 g/mol. The van der Waals surface area contributed by atoms with E-state index in [4.69, 9.17) is 10.8 Å². The first kappa shape index (κ1) is 9.06. The summed E-state index contributed by atoms with van der Waals surface area (Å²) in [6.45, 7) is 1.71. The Hall–Kier alpha value is -1.03. The Bertz CT molecular complexity index is 336. The Morgan fingerprint density at radius 3 is 2.58 bits per heavy atom. The van der Waals surface area contributed by atoms with Gasteiger partial charge in [-0.25, -0.2) is 4.79 Å². The molecule has 0 unspecified atom stereocenters. The maximum absolute atomic E-state index is 10.7. The van der Waals surface area contributed by atoms with E-state index >= 15 is 0 Å². The van der Waals surface area contributed by atoms with Crippen LogP contribution in [0.15, 0.2) is 16.6 Å². The lowest BCUT2D eigenvalue weighted by molar-refractivity contribution is 0.0697. The average molecular weight is 230 g/mol. The maximum atomic E-state index is 10.7. The van der Waals surface area contributed by atoms with E-state index in [9.17, 15) is 4.79 Å². The first-order valence-corrected chi connectivity index (χ1v) is 4.11. The molecule has 1 rings (SSSR count). The smallest absolute Gasteiger partial charge is 0.338 e. The van der Waals surface area contributed by atoms with Gasteiger partial charge in [-0.2, -0.15) is 0 Å². The molecule has 3 nitrogen and oxygen atoms in total. The fourth-order valence-electron chi connectivity index (χ4n) is 0.987. The van der Waals surface area contributed by atoms with Gasteiger partial charge in [-0.3, -0.25) is 0 Å². The zero-order valence-electron chi connectivity index (χ0n) is 6.47. The second-order valence-electron chi connectivity index (χ2n) is 2.46. The summed E-state index contributed by atoms with van der Waals surface area (Å²) in [7, 11) is 0. The third-order valence-electron chi connectivity index (χ3n) is 1.61. The first-order valence-electron chi connectivity index (χ1n) is 3.32. The number of benzene rings is 1. The molecular formula is C8H8BrNO2. The van der Waals surface area contributed by atoms with Crippen LogP contribution in [0.5, 0.6) is 0 Å². The predicted octanol–water partition coefficient (Wildman–Crippen LogP) is 2.04. The van der Waals surface area contributed by atoms with Gasteiger partial charge in [0, 0.05) is 4.47 Å². The summed E-state index contributed by atoms with van der Waals surface area (Å²) in [5.41, 5.74) is 6.68. The van der Waals surface area contributed by atoms with E-state index in [1.807, 2.05) is 0 Å². The van der Waals surface area contributed by atoms with Gasteiger partial charge in [-0.05, 0) is 34.5 Å². The molecule has 0 radical (unpaired) electrons. The van der Waals surface area contributed by atoms with Crippen molar-refractivity contribution in [2.45, 2.75) is 6.92 Å². The number of halogens is 1. The van der Waals surface area contributed by atoms with Crippen LogP contribution in [-0.2, 0) is 0 Å². The molecule has 0 fully saturated rings. The number of carbonyl (C=O) groups is 1. The zero-order valence-corrected chi connectivity index (χ0v) is 8.05. The highest BCUT2D eigenvalue weighted by Gasteiger charge is 2.12. The van der Waals surface area contributed by atoms with Gasteiger partial charge in [0.25, 0.3) is 0 Å². The van der Waals surface area contributed by atoms with Crippen molar-refractivity contribution >= 4 is 27.6 Å². The van der Waals surface area contributed by atoms with Gasteiger partial charge >= 0.3 is 5.97 Å². The highest BCUT2D eigenvalue weighted by molar-refractivity contribution is 9.10. The first-order chi connectivity index (χ1) is 5.54. The molecule has 0 saturated carbocycles. The normalized spacial score (nSPS) is 9.83. The highest BCUT2D eigenvalue weighted by atomic mass is 79.9. The van der Waals surface area contributed by atoms with E-state index < -0.39 is 5.97 Å². The minimum absolute atomic E-state index is 0.171. The molecule has 0 amide bonds. The van der Waals surface area contributed by atoms with Gasteiger partial charge in [0.1, 0.15) is 0 Å². The van der Waals surface area contributed by atoms with Crippen molar-refractivity contribution in [1.29, 1.82) is 0 Å². The number of carboxylic acid groups (broad SMARTS) is 1. The molecule has 4 heteroatoms. The molecule has 0 bridgehead atoms. The lowest BCUT2D eigenvalue weighted by atomic mass is 10.1. The summed E-state index contributed by atoms with van der Waals surface area (Å²) >= 11 is 3.16. The molecule has 1 aromatic rings. The van der Waals surface area contributed by atoms with Crippen LogP contribution in [0.3, 0.4) is 0 Å². The van der Waals surface area contributed by atoms with Crippen LogP contribution >= 0.6 is 15.9 Å². The highest BCUT2D eigenvalue weighted by Crippen LogP contribution is 2.25. The number of nitrogen functional groups attached to an aromatic ring is 1. The third-order valence-corrected chi connectivity index (χ3v) is 2.31. The second kappa shape index (κ2) is 3.15. The minimum atomic E-state index is -0.994. The summed E-state index contributed by atoms with van der Waals surface area (Å²) < 4.78 is 0.616. The molecule has 0 spiro atoms. The van der Waals surface area contributed by atoms with Crippen LogP contribution in [0.25, 0.3) is 0 Å². The van der Waals surface area contributed by atoms with Crippen LogP contribution in [0.1, 0.15) is 15.9 Å². The molecule has 1 aromatic carbocycles. The van der Waals surface area contributed by atoms with E-state index in [1.54, 1.807) is 19.1 Å². The molecule has 0 aliphatic heterocycles. The predicted molar refractivity (Wildman–Crippen MR) is 50.3 cm³/mol. The SMILES string of the molecule is Cc1ccc(Br)c(N)c1C(=O)O. The largest absolute Gasteiger partial charge is 0.478 e. The Kier molecular flexibility index (Phi) is 2.38. The third kappa shape index (κ3) is 1.43. The lowest BCUT2D eigenvalue weighted by Crippen LogP contribution is -2.05. The molecule has 0 aliphatic rings. The maximum Gasteiger partial charge on any atom is 0.338 e. The number of anilines is 1. The average Bonchev–Trinajstić information content (AvgIpc) is 1.97. The summed E-state index contributed by atoms with van der Waals surface area (Å²) in [6.07, 6.45) is 0. The van der Waals surface area contributed by atoms with Gasteiger partial charge in [-0.1, -0.05) is 6.07 Å². The second-order valence-corrected chi connectivity index (χ2v) is 3.31. The number of carboxylic acids is 1. The molecule has 0 saturated heterocycles. The van der Waals surface area contributed by atoms with Gasteiger partial charge in [0.15, 0.2) is 0 Å². The van der Waals surface area contributed by atoms with E-state index in [0.29, 0.717) is 10.0 Å². The lowest BCUT2D eigenvalue weighted by Gasteiger charge is -2.05. The Balaban J connectivity index is 3.43. The summed E-state index contributed by atoms with van der Waals surface area (Å²) in [5, 5.41) is 8.77. The van der Waals surface area contributed by atoms with Crippen LogP contribution in [0.2, 0.25) is 0 Å². The molecule has 0 aromatic heterocycles. The fraction of sp³-hybridized carbons (Fsp3) is 0.125. The van der Waals surface area contributed by atoms with Crippen LogP contribution in [0, 0.1) is 6.92 Å². The summed E-state index contributed by atoms with van der Waals surface area (Å²) in [4.78, 5) is 10.7. The van der Waals surface area contributed by atoms with Crippen molar-refractivity contribution in [3.8, 4) is 0 Å². The standard InChI is InChI=1S/C8H8BrNO2/c1-4-2-3-5(9)7(10)6(4)8(11)12/h2-3H,10H2,1H3,(H,11,12). The number of aromatic carboxylic acids is 1. The Morgan fingerprint density at radius 1 is 1.58 bits per heavy atom. The van der Waals surface area contributed by atoms with Crippen LogP contribution < -0.4 is 5.73 Å². The van der Waals surface area contributed by atoms with E-state index in [0.717, 1.165) is 0 Å². The molecule has 0 heterocycles. The number of hydrogen-bond acceptors (Lipinski definition) is 2. The van der Waals surface area contributed by atoms with Gasteiger partial charge < -0.3 is 10.8 Å². The molecule has 64 valence electrons. The van der Waals surface area contributed by atoms with Gasteiger partial charge in [-0.15, -0.1) is 0 Å². The number of nitrogens with two attached hydrogens (primary N) is 1. The number of rotatable bonds is 1. The summed E-state index contributed by atoms with van der Waals surface area (Å²) in [6, 6.07) is 3.45. The number of aryl methyl sites for hydroxylation is 1. The van der Waals surface area contributed by atoms with Crippen molar-refractivity contribution in [2.75, 3.05) is 5.73 Å². The quantitative estimate of drug-likeness (QED) is 0.725. The van der Waals surface area contributed by atoms with E-state index in [1.165, 1.54) is 0 Å². The van der Waals surface area contributed by atoms with Crippen LogP contribution in [0.4, 0.5) is 5.69 Å². The zero-order chi connectivity index (χ0) is 9.30. The Morgan fingerprint density at radius 2 is 2.17 bits per heavy atom. The van der Waals surface area contributed by atoms with Gasteiger partial charge in [0.05, 0.1) is 11.3 Å². The van der Waals surface area contributed by atoms with Gasteiger partial charge in [0.2, 0.25) is 0 Å². The number of hydrogen-bond donors (Lipinski definition) is 2. The minimum Gasteiger partial charge on any atom is -0.478 e. The van der Waals surface area contributed by atoms with Crippen molar-refractivity contribution in [3.05, 3.63) is 27.7 Å². The van der Waals surface area contributed by atoms with Crippen molar-refractivity contribution in [2.24, 2.45) is 0 Å². The topological polar surface area (TPSA) is 63.3 Å². The van der Waals surface area contributed by atoms with Crippen molar-refractivity contribution in [1.82, 2.24) is 0 Å². The van der Waals surface area contributed by atoms with E-state index in [-0.39, 0.29) is 11.3 Å².